The van der Waals surface area contributed by atoms with E-state index in [1.54, 1.807) is 36.4 Å². The van der Waals surface area contributed by atoms with Crippen LogP contribution in [0.1, 0.15) is 26.4 Å². The summed E-state index contributed by atoms with van der Waals surface area (Å²) in [7, 11) is 0. The van der Waals surface area contributed by atoms with E-state index in [1.807, 2.05) is 0 Å². The fraction of sp³-hybridized carbons (Fsp3) is 0. The fourth-order valence-corrected chi connectivity index (χ4v) is 2.12. The summed E-state index contributed by atoms with van der Waals surface area (Å²) in [5, 5.41) is 16.7. The molecule has 0 aliphatic heterocycles. The molecule has 1 heterocycles. The number of carboxylic acid groups (broad SMARTS) is 1. The van der Waals surface area contributed by atoms with Crippen LogP contribution in [0.25, 0.3) is 5.69 Å². The maximum absolute atomic E-state index is 12.4. The standard InChI is InChI=1S/C16H12N4O3/c17-13-7-2-1-6-12(13)15(21)14-9-20(19-18-14)11-5-3-4-10(8-11)16(22)23/h1-9H,17H2,(H,22,23). The van der Waals surface area contributed by atoms with Crippen LogP contribution in [0.4, 0.5) is 5.69 Å². The van der Waals surface area contributed by atoms with Gasteiger partial charge in [-0.25, -0.2) is 9.48 Å². The number of anilines is 1. The van der Waals surface area contributed by atoms with Crippen LogP contribution < -0.4 is 5.73 Å². The molecule has 3 rings (SSSR count). The van der Waals surface area contributed by atoms with Gasteiger partial charge >= 0.3 is 5.97 Å². The number of nitrogens with two attached hydrogens (primary N) is 1. The van der Waals surface area contributed by atoms with E-state index in [2.05, 4.69) is 10.3 Å². The first-order chi connectivity index (χ1) is 11.1. The minimum absolute atomic E-state index is 0.123. The molecule has 0 bridgehead atoms. The maximum Gasteiger partial charge on any atom is 0.335 e. The van der Waals surface area contributed by atoms with Crippen LogP contribution in [0.5, 0.6) is 0 Å². The number of ketones is 1. The van der Waals surface area contributed by atoms with Gasteiger partial charge in [-0.3, -0.25) is 4.79 Å². The van der Waals surface area contributed by atoms with Crippen molar-refractivity contribution in [2.45, 2.75) is 0 Å². The Hall–Kier alpha value is -3.48. The van der Waals surface area contributed by atoms with E-state index in [9.17, 15) is 9.59 Å². The number of hydrogen-bond acceptors (Lipinski definition) is 5. The minimum atomic E-state index is -1.04. The Kier molecular flexibility index (Phi) is 3.60. The molecule has 0 spiro atoms. The van der Waals surface area contributed by atoms with Crippen LogP contribution in [0, 0.1) is 0 Å². The first-order valence-electron chi connectivity index (χ1n) is 6.71. The largest absolute Gasteiger partial charge is 0.478 e. The van der Waals surface area contributed by atoms with E-state index >= 15 is 0 Å². The lowest BCUT2D eigenvalue weighted by Crippen LogP contribution is -2.05. The van der Waals surface area contributed by atoms with Gasteiger partial charge in [-0.2, -0.15) is 0 Å². The third-order valence-electron chi connectivity index (χ3n) is 3.29. The van der Waals surface area contributed by atoms with Crippen molar-refractivity contribution in [3.63, 3.8) is 0 Å². The van der Waals surface area contributed by atoms with Crippen LogP contribution >= 0.6 is 0 Å². The molecular weight excluding hydrogens is 296 g/mol. The lowest BCUT2D eigenvalue weighted by molar-refractivity contribution is 0.0696. The van der Waals surface area contributed by atoms with Crippen LogP contribution in [-0.4, -0.2) is 31.9 Å². The van der Waals surface area contributed by atoms with Crippen molar-refractivity contribution in [3.8, 4) is 5.69 Å². The van der Waals surface area contributed by atoms with Crippen molar-refractivity contribution in [1.82, 2.24) is 15.0 Å². The van der Waals surface area contributed by atoms with E-state index in [1.165, 1.54) is 23.0 Å². The lowest BCUT2D eigenvalue weighted by atomic mass is 10.1. The zero-order valence-electron chi connectivity index (χ0n) is 11.9. The van der Waals surface area contributed by atoms with Gasteiger partial charge in [0.25, 0.3) is 0 Å². The van der Waals surface area contributed by atoms with Crippen LogP contribution in [0.3, 0.4) is 0 Å². The molecule has 0 radical (unpaired) electrons. The predicted molar refractivity (Wildman–Crippen MR) is 82.6 cm³/mol. The number of hydrogen-bond donors (Lipinski definition) is 2. The Labute approximate surface area is 131 Å². The smallest absolute Gasteiger partial charge is 0.335 e. The number of rotatable bonds is 4. The van der Waals surface area contributed by atoms with Crippen LogP contribution in [-0.2, 0) is 0 Å². The molecule has 7 heteroatoms. The Balaban J connectivity index is 1.95. The predicted octanol–water partition coefficient (Wildman–Crippen LogP) is 1.78. The first kappa shape index (κ1) is 14.5. The quantitative estimate of drug-likeness (QED) is 0.561. The molecule has 114 valence electrons. The molecule has 1 aromatic heterocycles. The third-order valence-corrected chi connectivity index (χ3v) is 3.29. The van der Waals surface area contributed by atoms with Crippen molar-refractivity contribution in [2.75, 3.05) is 5.73 Å². The Bertz CT molecular complexity index is 902. The first-order valence-corrected chi connectivity index (χ1v) is 6.71. The number of nitrogen functional groups attached to an aromatic ring is 1. The van der Waals surface area contributed by atoms with Gasteiger partial charge in [-0.15, -0.1) is 5.10 Å². The summed E-state index contributed by atoms with van der Waals surface area (Å²) in [6.45, 7) is 0. The van der Waals surface area contributed by atoms with E-state index in [-0.39, 0.29) is 17.0 Å². The second-order valence-electron chi connectivity index (χ2n) is 4.82. The maximum atomic E-state index is 12.4. The highest BCUT2D eigenvalue weighted by atomic mass is 16.4. The number of aromatic carboxylic acids is 1. The average Bonchev–Trinajstić information content (AvgIpc) is 3.05. The van der Waals surface area contributed by atoms with Crippen molar-refractivity contribution >= 4 is 17.4 Å². The highest BCUT2D eigenvalue weighted by Gasteiger charge is 2.16. The average molecular weight is 308 g/mol. The number of benzene rings is 2. The van der Waals surface area contributed by atoms with Crippen molar-refractivity contribution in [3.05, 3.63) is 71.5 Å². The van der Waals surface area contributed by atoms with Gasteiger partial charge in [-0.05, 0) is 30.3 Å². The van der Waals surface area contributed by atoms with Crippen LogP contribution in [0.15, 0.2) is 54.7 Å². The normalized spacial score (nSPS) is 10.4. The summed E-state index contributed by atoms with van der Waals surface area (Å²) in [6.07, 6.45) is 1.44. The summed E-state index contributed by atoms with van der Waals surface area (Å²) in [4.78, 5) is 23.4. The summed E-state index contributed by atoms with van der Waals surface area (Å²) in [5.41, 5.74) is 7.25. The number of carbonyl (C=O) groups excluding carboxylic acids is 1. The molecule has 0 saturated carbocycles. The zero-order valence-corrected chi connectivity index (χ0v) is 11.9. The van der Waals surface area contributed by atoms with E-state index in [4.69, 9.17) is 10.8 Å². The number of nitrogens with zero attached hydrogens (tertiary/aromatic N) is 3. The molecular formula is C16H12N4O3. The van der Waals surface area contributed by atoms with E-state index in [0.29, 0.717) is 16.9 Å². The second kappa shape index (κ2) is 5.72. The fourth-order valence-electron chi connectivity index (χ4n) is 2.12. The third kappa shape index (κ3) is 2.80. The zero-order chi connectivity index (χ0) is 16.4. The van der Waals surface area contributed by atoms with Crippen molar-refractivity contribution in [1.29, 1.82) is 0 Å². The molecule has 3 aromatic rings. The highest BCUT2D eigenvalue weighted by molar-refractivity contribution is 6.10. The van der Waals surface area contributed by atoms with Gasteiger partial charge < -0.3 is 10.8 Å². The van der Waals surface area contributed by atoms with E-state index < -0.39 is 5.97 Å². The molecule has 0 unspecified atom stereocenters. The summed E-state index contributed by atoms with van der Waals surface area (Å²) < 4.78 is 1.35. The molecule has 7 nitrogen and oxygen atoms in total. The Morgan fingerprint density at radius 1 is 1.09 bits per heavy atom. The number of carbonyl (C=O) groups is 2. The Morgan fingerprint density at radius 2 is 1.87 bits per heavy atom. The van der Waals surface area contributed by atoms with Crippen LogP contribution in [0.2, 0.25) is 0 Å². The second-order valence-corrected chi connectivity index (χ2v) is 4.82. The summed E-state index contributed by atoms with van der Waals surface area (Å²) in [6, 6.07) is 12.9. The monoisotopic (exact) mass is 308 g/mol. The molecule has 0 saturated heterocycles. The van der Waals surface area contributed by atoms with Gasteiger partial charge in [0, 0.05) is 11.3 Å². The highest BCUT2D eigenvalue weighted by Crippen LogP contribution is 2.16. The molecule has 0 aliphatic carbocycles. The lowest BCUT2D eigenvalue weighted by Gasteiger charge is -2.02. The SMILES string of the molecule is Nc1ccccc1C(=O)c1cn(-c2cccc(C(=O)O)c2)nn1. The number of aromatic nitrogens is 3. The van der Waals surface area contributed by atoms with Crippen molar-refractivity contribution in [2.24, 2.45) is 0 Å². The Morgan fingerprint density at radius 3 is 2.61 bits per heavy atom. The topological polar surface area (TPSA) is 111 Å². The molecule has 0 fully saturated rings. The van der Waals surface area contributed by atoms with Gasteiger partial charge in [0.1, 0.15) is 0 Å². The van der Waals surface area contributed by atoms with Crippen molar-refractivity contribution < 1.29 is 14.7 Å². The number of para-hydroxylation sites is 1. The van der Waals surface area contributed by atoms with E-state index in [0.717, 1.165) is 0 Å². The number of carboxylic acids is 1. The van der Waals surface area contributed by atoms with Gasteiger partial charge in [0.05, 0.1) is 17.4 Å². The molecule has 0 atom stereocenters. The van der Waals surface area contributed by atoms with Gasteiger partial charge in [-0.1, -0.05) is 23.4 Å². The van der Waals surface area contributed by atoms with Gasteiger partial charge in [0.2, 0.25) is 5.78 Å². The molecule has 3 N–H and O–H groups in total. The molecule has 0 aliphatic rings. The molecule has 0 amide bonds. The van der Waals surface area contributed by atoms with Gasteiger partial charge in [0.15, 0.2) is 5.69 Å². The molecule has 23 heavy (non-hydrogen) atoms. The summed E-state index contributed by atoms with van der Waals surface area (Å²) in [5.74, 6) is -1.39. The summed E-state index contributed by atoms with van der Waals surface area (Å²) >= 11 is 0. The minimum Gasteiger partial charge on any atom is -0.478 e. The molecule has 2 aromatic carbocycles.